The number of nitrogen functional groups attached to an aromatic ring is 1. The second-order valence-corrected chi connectivity index (χ2v) is 6.64. The molecule has 0 atom stereocenters. The van der Waals surface area contributed by atoms with Crippen LogP contribution in [0.25, 0.3) is 0 Å². The highest BCUT2D eigenvalue weighted by Crippen LogP contribution is 2.18. The van der Waals surface area contributed by atoms with Crippen LogP contribution in [0.2, 0.25) is 0 Å². The third kappa shape index (κ3) is 9.72. The summed E-state index contributed by atoms with van der Waals surface area (Å²) in [6, 6.07) is 6.92. The van der Waals surface area contributed by atoms with Crippen molar-refractivity contribution in [3.05, 3.63) is 29.8 Å². The van der Waals surface area contributed by atoms with Crippen LogP contribution in [-0.4, -0.2) is 78.9 Å². The molecule has 5 N–H and O–H groups in total. The minimum absolute atomic E-state index is 0.0216. The van der Waals surface area contributed by atoms with Gasteiger partial charge in [-0.3, -0.25) is 29.5 Å². The topological polar surface area (TPSA) is 166 Å². The van der Waals surface area contributed by atoms with Crippen molar-refractivity contribution in [2.24, 2.45) is 5.73 Å². The molecule has 1 heterocycles. The molecule has 1 saturated heterocycles. The monoisotopic (exact) mass is 435 g/mol. The van der Waals surface area contributed by atoms with Crippen LogP contribution < -0.4 is 16.0 Å². The molecular formula is C20H29N5O6. The number of aliphatic carboxylic acids is 1. The number of carboxylic acid groups (broad SMARTS) is 1. The van der Waals surface area contributed by atoms with Crippen molar-refractivity contribution in [3.8, 4) is 0 Å². The summed E-state index contributed by atoms with van der Waals surface area (Å²) in [5.41, 5.74) is 6.77. The zero-order valence-electron chi connectivity index (χ0n) is 17.7. The minimum atomic E-state index is -0.833. The Labute approximate surface area is 180 Å². The highest BCUT2D eigenvalue weighted by molar-refractivity contribution is 5.98. The molecule has 0 radical (unpaired) electrons. The lowest BCUT2D eigenvalue weighted by atomic mass is 10.1. The summed E-state index contributed by atoms with van der Waals surface area (Å²) in [7, 11) is 0. The van der Waals surface area contributed by atoms with E-state index in [4.69, 9.17) is 25.8 Å². The molecule has 2 rings (SSSR count). The normalized spacial score (nSPS) is 13.6. The number of carbonyl (C=O) groups is 4. The number of rotatable bonds is 8. The molecule has 0 bridgehead atoms. The lowest BCUT2D eigenvalue weighted by Crippen LogP contribution is -2.52. The summed E-state index contributed by atoms with van der Waals surface area (Å²) in [6.07, 6.45) is 0.128. The molecule has 11 heteroatoms. The number of carbonyl (C=O) groups excluding carboxylic acids is 3. The fourth-order valence-electron chi connectivity index (χ4n) is 2.75. The molecular weight excluding hydrogens is 406 g/mol. The van der Waals surface area contributed by atoms with Gasteiger partial charge in [0, 0.05) is 37.8 Å². The highest BCUT2D eigenvalue weighted by Gasteiger charge is 2.26. The van der Waals surface area contributed by atoms with E-state index in [0.29, 0.717) is 25.3 Å². The number of amides is 2. The summed E-state index contributed by atoms with van der Waals surface area (Å²) >= 11 is 0. The second-order valence-electron chi connectivity index (χ2n) is 6.64. The van der Waals surface area contributed by atoms with Crippen LogP contribution in [0, 0.1) is 5.41 Å². The summed E-state index contributed by atoms with van der Waals surface area (Å²) in [5.74, 6) is -1.54. The van der Waals surface area contributed by atoms with Gasteiger partial charge in [0.25, 0.3) is 5.97 Å². The van der Waals surface area contributed by atoms with Crippen molar-refractivity contribution in [2.75, 3.05) is 44.2 Å². The van der Waals surface area contributed by atoms with E-state index in [-0.39, 0.29) is 49.7 Å². The van der Waals surface area contributed by atoms with Gasteiger partial charge in [-0.05, 0) is 31.2 Å². The summed E-state index contributed by atoms with van der Waals surface area (Å²) in [6.45, 7) is 4.61. The first kappa shape index (κ1) is 25.6. The van der Waals surface area contributed by atoms with Crippen LogP contribution >= 0.6 is 0 Å². The van der Waals surface area contributed by atoms with Crippen molar-refractivity contribution >= 4 is 35.3 Å². The Hall–Kier alpha value is -3.47. The first-order chi connectivity index (χ1) is 14.6. The largest absolute Gasteiger partial charge is 0.481 e. The maximum Gasteiger partial charge on any atom is 0.307 e. The number of nitrogens with two attached hydrogens (primary N) is 1. The minimum Gasteiger partial charge on any atom is -0.481 e. The van der Waals surface area contributed by atoms with E-state index < -0.39 is 5.97 Å². The molecule has 31 heavy (non-hydrogen) atoms. The van der Waals surface area contributed by atoms with Gasteiger partial charge in [-0.1, -0.05) is 0 Å². The van der Waals surface area contributed by atoms with Crippen molar-refractivity contribution in [2.45, 2.75) is 20.3 Å². The van der Waals surface area contributed by atoms with Crippen LogP contribution in [0.4, 0.5) is 5.69 Å². The number of anilines is 1. The van der Waals surface area contributed by atoms with Crippen LogP contribution in [0.1, 0.15) is 25.8 Å². The van der Waals surface area contributed by atoms with E-state index in [1.54, 1.807) is 41.0 Å². The van der Waals surface area contributed by atoms with Crippen molar-refractivity contribution in [1.82, 2.24) is 10.2 Å². The third-order valence-corrected chi connectivity index (χ3v) is 4.11. The Morgan fingerprint density at radius 1 is 1.23 bits per heavy atom. The molecule has 0 aromatic heterocycles. The lowest BCUT2D eigenvalue weighted by Gasteiger charge is -2.34. The van der Waals surface area contributed by atoms with Crippen LogP contribution in [0.3, 0.4) is 0 Å². The highest BCUT2D eigenvalue weighted by atomic mass is 16.5. The SMILES string of the molecule is CC(=O)O.CCOC(=O)CCNC(=O)CN1CCN(c2ccc(C(=N)N)cc2)C(=O)C1. The predicted molar refractivity (Wildman–Crippen MR) is 114 cm³/mol. The quantitative estimate of drug-likeness (QED) is 0.247. The molecule has 0 aliphatic carbocycles. The number of piperazine rings is 1. The van der Waals surface area contributed by atoms with Crippen LogP contribution in [-0.2, 0) is 23.9 Å². The summed E-state index contributed by atoms with van der Waals surface area (Å²) in [4.78, 5) is 48.0. The molecule has 1 aromatic rings. The molecule has 1 aromatic carbocycles. The summed E-state index contributed by atoms with van der Waals surface area (Å²) < 4.78 is 4.79. The van der Waals surface area contributed by atoms with E-state index in [0.717, 1.165) is 12.6 Å². The number of amidine groups is 1. The van der Waals surface area contributed by atoms with E-state index >= 15 is 0 Å². The van der Waals surface area contributed by atoms with Crippen molar-refractivity contribution in [1.29, 1.82) is 5.41 Å². The van der Waals surface area contributed by atoms with Crippen LogP contribution in [0.15, 0.2) is 24.3 Å². The molecule has 170 valence electrons. The molecule has 1 aliphatic rings. The van der Waals surface area contributed by atoms with E-state index in [9.17, 15) is 14.4 Å². The third-order valence-electron chi connectivity index (χ3n) is 4.11. The van der Waals surface area contributed by atoms with E-state index in [1.165, 1.54) is 0 Å². The number of ether oxygens (including phenoxy) is 1. The number of nitrogens with zero attached hydrogens (tertiary/aromatic N) is 2. The number of esters is 1. The Balaban J connectivity index is 0.00000110. The summed E-state index contributed by atoms with van der Waals surface area (Å²) in [5, 5.41) is 17.5. The van der Waals surface area contributed by atoms with Crippen LogP contribution in [0.5, 0.6) is 0 Å². The van der Waals surface area contributed by atoms with Gasteiger partial charge >= 0.3 is 5.97 Å². The van der Waals surface area contributed by atoms with Gasteiger partial charge < -0.3 is 25.8 Å². The van der Waals surface area contributed by atoms with E-state index in [1.807, 2.05) is 0 Å². The van der Waals surface area contributed by atoms with Gasteiger partial charge in [-0.2, -0.15) is 0 Å². The lowest BCUT2D eigenvalue weighted by molar-refractivity contribution is -0.143. The maximum absolute atomic E-state index is 12.4. The smallest absolute Gasteiger partial charge is 0.307 e. The Morgan fingerprint density at radius 3 is 2.35 bits per heavy atom. The first-order valence-corrected chi connectivity index (χ1v) is 9.73. The first-order valence-electron chi connectivity index (χ1n) is 9.73. The molecule has 0 unspecified atom stereocenters. The molecule has 1 fully saturated rings. The van der Waals surface area contributed by atoms with Gasteiger partial charge in [0.05, 0.1) is 26.1 Å². The van der Waals surface area contributed by atoms with Gasteiger partial charge in [-0.15, -0.1) is 0 Å². The fourth-order valence-corrected chi connectivity index (χ4v) is 2.75. The standard InChI is InChI=1S/C18H25N5O4.C2H4O2/c1-2-27-17(26)7-8-21-15(24)11-22-9-10-23(16(25)12-22)14-5-3-13(4-6-14)18(19)20;1-2(3)4/h3-6H,2,7-12H2,1H3,(H3,19,20)(H,21,24);1H3,(H,3,4). The zero-order chi connectivity index (χ0) is 23.4. The van der Waals surface area contributed by atoms with Crippen molar-refractivity contribution < 1.29 is 29.0 Å². The van der Waals surface area contributed by atoms with Gasteiger partial charge in [0.2, 0.25) is 11.8 Å². The molecule has 0 spiro atoms. The second kappa shape index (κ2) is 13.0. The number of benzene rings is 1. The maximum atomic E-state index is 12.4. The van der Waals surface area contributed by atoms with E-state index in [2.05, 4.69) is 5.32 Å². The fraction of sp³-hybridized carbons (Fsp3) is 0.450. The average molecular weight is 435 g/mol. The zero-order valence-corrected chi connectivity index (χ0v) is 17.7. The Bertz CT molecular complexity index is 792. The van der Waals surface area contributed by atoms with Gasteiger partial charge in [-0.25, -0.2) is 0 Å². The average Bonchev–Trinajstić information content (AvgIpc) is 2.68. The number of carboxylic acids is 1. The number of hydrogen-bond donors (Lipinski definition) is 4. The Kier molecular flexibility index (Phi) is 10.7. The van der Waals surface area contributed by atoms with Gasteiger partial charge in [0.15, 0.2) is 0 Å². The number of hydrogen-bond acceptors (Lipinski definition) is 7. The Morgan fingerprint density at radius 2 is 1.84 bits per heavy atom. The predicted octanol–water partition coefficient (Wildman–Crippen LogP) is -0.220. The number of nitrogens with one attached hydrogen (secondary N) is 2. The molecule has 0 saturated carbocycles. The molecule has 11 nitrogen and oxygen atoms in total. The molecule has 2 amide bonds. The van der Waals surface area contributed by atoms with Crippen molar-refractivity contribution in [3.63, 3.8) is 0 Å². The van der Waals surface area contributed by atoms with Gasteiger partial charge in [0.1, 0.15) is 5.84 Å². The molecule has 1 aliphatic heterocycles.